The molecular formula is C10H18N4O. The first-order valence-electron chi connectivity index (χ1n) is 5.56. The summed E-state index contributed by atoms with van der Waals surface area (Å²) in [4.78, 5) is 6.67. The first-order valence-corrected chi connectivity index (χ1v) is 5.56. The highest BCUT2D eigenvalue weighted by molar-refractivity contribution is 4.91. The molecule has 0 radical (unpaired) electrons. The van der Waals surface area contributed by atoms with E-state index in [0.717, 1.165) is 13.0 Å². The van der Waals surface area contributed by atoms with Crippen LogP contribution in [0.3, 0.4) is 0 Å². The van der Waals surface area contributed by atoms with Crippen LogP contribution in [-0.2, 0) is 6.42 Å². The Balaban J connectivity index is 1.82. The smallest absolute Gasteiger partial charge is 0.227 e. The fraction of sp³-hybridized carbons (Fsp3) is 0.800. The molecule has 1 aliphatic rings. The van der Waals surface area contributed by atoms with Crippen molar-refractivity contribution in [1.82, 2.24) is 15.0 Å². The highest BCUT2D eigenvalue weighted by atomic mass is 16.5. The van der Waals surface area contributed by atoms with E-state index >= 15 is 0 Å². The molecule has 2 N–H and O–H groups in total. The molecule has 1 aromatic heterocycles. The van der Waals surface area contributed by atoms with Crippen LogP contribution in [0.4, 0.5) is 0 Å². The van der Waals surface area contributed by atoms with Gasteiger partial charge in [0.2, 0.25) is 5.89 Å². The van der Waals surface area contributed by atoms with Gasteiger partial charge < -0.3 is 15.2 Å². The fourth-order valence-corrected chi connectivity index (χ4v) is 1.81. The van der Waals surface area contributed by atoms with Gasteiger partial charge in [0.1, 0.15) is 0 Å². The predicted molar refractivity (Wildman–Crippen MR) is 56.3 cm³/mol. The standard InChI is InChI=1S/C10H18N4O/c1-8(11)10-12-9(15-13-10)4-7-14-5-2-3-6-14/h8H,2-7,11H2,1H3. The minimum atomic E-state index is -0.144. The summed E-state index contributed by atoms with van der Waals surface area (Å²) in [6.45, 7) is 5.28. The number of nitrogens with zero attached hydrogens (tertiary/aromatic N) is 3. The lowest BCUT2D eigenvalue weighted by molar-refractivity contribution is 0.310. The van der Waals surface area contributed by atoms with Crippen LogP contribution in [0.2, 0.25) is 0 Å². The number of nitrogens with two attached hydrogens (primary N) is 1. The maximum atomic E-state index is 5.65. The van der Waals surface area contributed by atoms with E-state index in [2.05, 4.69) is 15.0 Å². The minimum Gasteiger partial charge on any atom is -0.339 e. The summed E-state index contributed by atoms with van der Waals surface area (Å²) < 4.78 is 5.12. The molecule has 15 heavy (non-hydrogen) atoms. The van der Waals surface area contributed by atoms with Gasteiger partial charge in [-0.3, -0.25) is 0 Å². The molecule has 0 spiro atoms. The van der Waals surface area contributed by atoms with Crippen LogP contribution in [-0.4, -0.2) is 34.7 Å². The summed E-state index contributed by atoms with van der Waals surface area (Å²) in [6.07, 6.45) is 3.46. The molecule has 1 aromatic rings. The number of hydrogen-bond acceptors (Lipinski definition) is 5. The Morgan fingerprint density at radius 1 is 1.47 bits per heavy atom. The molecule has 0 saturated carbocycles. The Hall–Kier alpha value is -0.940. The van der Waals surface area contributed by atoms with Crippen LogP contribution in [0, 0.1) is 0 Å². The topological polar surface area (TPSA) is 68.2 Å². The third-order valence-corrected chi connectivity index (χ3v) is 2.73. The van der Waals surface area contributed by atoms with Crippen molar-refractivity contribution >= 4 is 0 Å². The highest BCUT2D eigenvalue weighted by Crippen LogP contribution is 2.09. The van der Waals surface area contributed by atoms with Crippen LogP contribution >= 0.6 is 0 Å². The zero-order chi connectivity index (χ0) is 10.7. The molecule has 1 fully saturated rings. The van der Waals surface area contributed by atoms with Crippen molar-refractivity contribution in [1.29, 1.82) is 0 Å². The Kier molecular flexibility index (Phi) is 3.33. The van der Waals surface area contributed by atoms with Gasteiger partial charge >= 0.3 is 0 Å². The number of aromatic nitrogens is 2. The third kappa shape index (κ3) is 2.76. The summed E-state index contributed by atoms with van der Waals surface area (Å²) >= 11 is 0. The van der Waals surface area contributed by atoms with E-state index in [1.165, 1.54) is 25.9 Å². The third-order valence-electron chi connectivity index (χ3n) is 2.73. The van der Waals surface area contributed by atoms with E-state index in [4.69, 9.17) is 10.3 Å². The van der Waals surface area contributed by atoms with Gasteiger partial charge in [-0.15, -0.1) is 0 Å². The van der Waals surface area contributed by atoms with Crippen LogP contribution in [0.25, 0.3) is 0 Å². The minimum absolute atomic E-state index is 0.144. The molecule has 2 rings (SSSR count). The van der Waals surface area contributed by atoms with Crippen molar-refractivity contribution in [2.75, 3.05) is 19.6 Å². The molecule has 0 aromatic carbocycles. The summed E-state index contributed by atoms with van der Waals surface area (Å²) in [5.41, 5.74) is 5.65. The summed E-state index contributed by atoms with van der Waals surface area (Å²) in [5.74, 6) is 1.31. The van der Waals surface area contributed by atoms with Gasteiger partial charge in [-0.05, 0) is 32.9 Å². The molecule has 1 unspecified atom stereocenters. The van der Waals surface area contributed by atoms with Gasteiger partial charge in [-0.2, -0.15) is 4.98 Å². The zero-order valence-electron chi connectivity index (χ0n) is 9.15. The first kappa shape index (κ1) is 10.6. The van der Waals surface area contributed by atoms with Gasteiger partial charge in [-0.25, -0.2) is 0 Å². The molecule has 0 bridgehead atoms. The molecule has 1 saturated heterocycles. The van der Waals surface area contributed by atoms with E-state index in [9.17, 15) is 0 Å². The number of hydrogen-bond donors (Lipinski definition) is 1. The highest BCUT2D eigenvalue weighted by Gasteiger charge is 2.14. The van der Waals surface area contributed by atoms with Gasteiger partial charge in [-0.1, -0.05) is 5.16 Å². The van der Waals surface area contributed by atoms with E-state index in [1.807, 2.05) is 6.92 Å². The fourth-order valence-electron chi connectivity index (χ4n) is 1.81. The van der Waals surface area contributed by atoms with Crippen molar-refractivity contribution in [2.45, 2.75) is 32.2 Å². The van der Waals surface area contributed by atoms with Crippen LogP contribution in [0.1, 0.15) is 37.5 Å². The Labute approximate surface area is 89.6 Å². The van der Waals surface area contributed by atoms with Crippen LogP contribution in [0.5, 0.6) is 0 Å². The first-order chi connectivity index (χ1) is 7.25. The van der Waals surface area contributed by atoms with E-state index in [1.54, 1.807) is 0 Å². The van der Waals surface area contributed by atoms with E-state index in [0.29, 0.717) is 11.7 Å². The molecule has 0 aliphatic carbocycles. The molecule has 0 amide bonds. The van der Waals surface area contributed by atoms with Gasteiger partial charge in [0, 0.05) is 13.0 Å². The predicted octanol–water partition coefficient (Wildman–Crippen LogP) is 0.728. The van der Waals surface area contributed by atoms with Crippen molar-refractivity contribution < 1.29 is 4.52 Å². The van der Waals surface area contributed by atoms with Gasteiger partial charge in [0.05, 0.1) is 6.04 Å². The monoisotopic (exact) mass is 210 g/mol. The Morgan fingerprint density at radius 3 is 2.80 bits per heavy atom. The Morgan fingerprint density at radius 2 is 2.20 bits per heavy atom. The quantitative estimate of drug-likeness (QED) is 0.793. The van der Waals surface area contributed by atoms with E-state index in [-0.39, 0.29) is 6.04 Å². The molecule has 1 atom stereocenters. The molecular weight excluding hydrogens is 192 g/mol. The largest absolute Gasteiger partial charge is 0.339 e. The van der Waals surface area contributed by atoms with Crippen molar-refractivity contribution in [3.05, 3.63) is 11.7 Å². The summed E-state index contributed by atoms with van der Waals surface area (Å²) in [7, 11) is 0. The summed E-state index contributed by atoms with van der Waals surface area (Å²) in [5, 5.41) is 3.83. The lowest BCUT2D eigenvalue weighted by Crippen LogP contribution is -2.22. The lowest BCUT2D eigenvalue weighted by Gasteiger charge is -2.11. The van der Waals surface area contributed by atoms with Crippen molar-refractivity contribution in [2.24, 2.45) is 5.73 Å². The van der Waals surface area contributed by atoms with Crippen LogP contribution < -0.4 is 5.73 Å². The molecule has 5 nitrogen and oxygen atoms in total. The average Bonchev–Trinajstić information content (AvgIpc) is 2.86. The lowest BCUT2D eigenvalue weighted by atomic mass is 10.3. The Bertz CT molecular complexity index is 304. The van der Waals surface area contributed by atoms with E-state index < -0.39 is 0 Å². The second-order valence-electron chi connectivity index (χ2n) is 4.13. The SMILES string of the molecule is CC(N)c1noc(CCN2CCCC2)n1. The second kappa shape index (κ2) is 4.72. The average molecular weight is 210 g/mol. The zero-order valence-corrected chi connectivity index (χ0v) is 9.15. The van der Waals surface area contributed by atoms with Gasteiger partial charge in [0.15, 0.2) is 5.82 Å². The molecule has 84 valence electrons. The van der Waals surface area contributed by atoms with Crippen LogP contribution in [0.15, 0.2) is 4.52 Å². The molecule has 1 aliphatic heterocycles. The molecule has 2 heterocycles. The van der Waals surface area contributed by atoms with Crippen molar-refractivity contribution in [3.8, 4) is 0 Å². The number of rotatable bonds is 4. The molecule has 5 heteroatoms. The normalized spacial score (nSPS) is 19.6. The maximum absolute atomic E-state index is 5.65. The number of likely N-dealkylation sites (tertiary alicyclic amines) is 1. The summed E-state index contributed by atoms with van der Waals surface area (Å²) in [6, 6.07) is -0.144. The second-order valence-corrected chi connectivity index (χ2v) is 4.13. The van der Waals surface area contributed by atoms with Gasteiger partial charge in [0.25, 0.3) is 0 Å². The van der Waals surface area contributed by atoms with Crippen molar-refractivity contribution in [3.63, 3.8) is 0 Å². The maximum Gasteiger partial charge on any atom is 0.227 e.